The molecule has 1 aromatic heterocycles. The summed E-state index contributed by atoms with van der Waals surface area (Å²) in [5.74, 6) is -4.43. The van der Waals surface area contributed by atoms with Crippen LogP contribution in [-0.2, 0) is 14.3 Å². The molecule has 6 nitrogen and oxygen atoms in total. The molecule has 0 radical (unpaired) electrons. The molecule has 0 bridgehead atoms. The Morgan fingerprint density at radius 2 is 2.22 bits per heavy atom. The summed E-state index contributed by atoms with van der Waals surface area (Å²) >= 11 is 0. The van der Waals surface area contributed by atoms with Gasteiger partial charge in [0.25, 0.3) is 0 Å². The van der Waals surface area contributed by atoms with E-state index in [0.29, 0.717) is 0 Å². The molecule has 8 heteroatoms. The first kappa shape index (κ1) is 18.3. The molecule has 0 aliphatic carbocycles. The van der Waals surface area contributed by atoms with E-state index >= 15 is 4.39 Å². The zero-order chi connectivity index (χ0) is 19.7. The Labute approximate surface area is 153 Å². The van der Waals surface area contributed by atoms with Gasteiger partial charge in [0.2, 0.25) is 5.88 Å². The number of hydrogen-bond acceptors (Lipinski definition) is 6. The summed E-state index contributed by atoms with van der Waals surface area (Å²) in [6, 6.07) is 5.77. The quantitative estimate of drug-likeness (QED) is 0.832. The van der Waals surface area contributed by atoms with Crippen molar-refractivity contribution in [2.24, 2.45) is 5.73 Å². The molecule has 2 N–H and O–H groups in total. The Balaban J connectivity index is 2.34. The third-order valence-electron chi connectivity index (χ3n) is 4.22. The highest BCUT2D eigenvalue weighted by Crippen LogP contribution is 2.42. The molecule has 1 unspecified atom stereocenters. The maximum absolute atomic E-state index is 15.2. The summed E-state index contributed by atoms with van der Waals surface area (Å²) in [5, 5.41) is 9.56. The third kappa shape index (κ3) is 2.97. The summed E-state index contributed by atoms with van der Waals surface area (Å²) in [6.45, 7) is 3.04. The van der Waals surface area contributed by atoms with Gasteiger partial charge in [-0.15, -0.1) is 0 Å². The molecule has 1 aliphatic heterocycles. The van der Waals surface area contributed by atoms with Crippen molar-refractivity contribution in [3.63, 3.8) is 0 Å². The zero-order valence-corrected chi connectivity index (χ0v) is 14.5. The van der Waals surface area contributed by atoms with Gasteiger partial charge in [-0.2, -0.15) is 5.26 Å². The van der Waals surface area contributed by atoms with Crippen LogP contribution in [0.1, 0.15) is 25.3 Å². The van der Waals surface area contributed by atoms with Crippen LogP contribution in [0.3, 0.4) is 0 Å². The van der Waals surface area contributed by atoms with Crippen molar-refractivity contribution in [1.29, 1.82) is 5.26 Å². The van der Waals surface area contributed by atoms with Gasteiger partial charge in [-0.05, 0) is 26.0 Å². The Morgan fingerprint density at radius 1 is 1.48 bits per heavy atom. The van der Waals surface area contributed by atoms with Gasteiger partial charge in [0.15, 0.2) is 0 Å². The lowest BCUT2D eigenvalue weighted by Gasteiger charge is -2.27. The van der Waals surface area contributed by atoms with Crippen LogP contribution in [-0.4, -0.2) is 17.6 Å². The number of nitrogens with zero attached hydrogens (tertiary/aromatic N) is 2. The van der Waals surface area contributed by atoms with Crippen molar-refractivity contribution in [3.8, 4) is 6.07 Å². The topological polar surface area (TPSA) is 98.2 Å². The van der Waals surface area contributed by atoms with Crippen molar-refractivity contribution in [3.05, 3.63) is 64.4 Å². The van der Waals surface area contributed by atoms with Crippen LogP contribution in [0.4, 0.5) is 8.78 Å². The molecule has 0 amide bonds. The molecule has 138 valence electrons. The number of esters is 1. The van der Waals surface area contributed by atoms with Crippen molar-refractivity contribution in [2.75, 3.05) is 6.61 Å². The highest BCUT2D eigenvalue weighted by atomic mass is 19.1. The van der Waals surface area contributed by atoms with E-state index in [0.717, 1.165) is 6.07 Å². The van der Waals surface area contributed by atoms with Crippen LogP contribution in [0.25, 0.3) is 10.9 Å². The van der Waals surface area contributed by atoms with Gasteiger partial charge < -0.3 is 15.2 Å². The monoisotopic (exact) mass is 371 g/mol. The fourth-order valence-corrected chi connectivity index (χ4v) is 3.07. The minimum atomic E-state index is -1.40. The van der Waals surface area contributed by atoms with E-state index < -0.39 is 29.1 Å². The first-order valence-corrected chi connectivity index (χ1v) is 8.08. The Kier molecular flexibility index (Phi) is 4.77. The van der Waals surface area contributed by atoms with Crippen molar-refractivity contribution in [1.82, 2.24) is 4.98 Å². The van der Waals surface area contributed by atoms with Crippen LogP contribution >= 0.6 is 0 Å². The number of carbonyl (C=O) groups excluding carboxylic acids is 1. The Hall–Kier alpha value is -3.47. The fourth-order valence-electron chi connectivity index (χ4n) is 3.07. The molecular formula is C19H15F2N3O3. The molecule has 1 aliphatic rings. The number of hydrogen-bond donors (Lipinski definition) is 1. The standard InChI is InChI=1S/C19H15F2N3O3/c1-3-26-19(25)14-9(2)27-18(23)11(8-22)15(14)16-12(20)7-13-10(17(16)21)5-4-6-24-13/h4-7,15H,3,23H2,1-2H3. The fraction of sp³-hybridized carbons (Fsp3) is 0.211. The molecule has 27 heavy (non-hydrogen) atoms. The van der Waals surface area contributed by atoms with Gasteiger partial charge in [-0.1, -0.05) is 0 Å². The van der Waals surface area contributed by atoms with E-state index in [-0.39, 0.29) is 40.3 Å². The molecule has 2 aromatic rings. The molecule has 0 saturated heterocycles. The Bertz CT molecular complexity index is 1050. The van der Waals surface area contributed by atoms with E-state index in [1.165, 1.54) is 25.3 Å². The normalized spacial score (nSPS) is 16.9. The lowest BCUT2D eigenvalue weighted by molar-refractivity contribution is -0.139. The number of allylic oxidation sites excluding steroid dienone is 2. The van der Waals surface area contributed by atoms with Crippen LogP contribution in [0.5, 0.6) is 0 Å². The average molecular weight is 371 g/mol. The van der Waals surface area contributed by atoms with Gasteiger partial charge in [0.05, 0.1) is 23.6 Å². The van der Waals surface area contributed by atoms with Crippen LogP contribution < -0.4 is 5.73 Å². The summed E-state index contributed by atoms with van der Waals surface area (Å²) < 4.78 is 40.4. The highest BCUT2D eigenvalue weighted by Gasteiger charge is 2.39. The number of benzene rings is 1. The van der Waals surface area contributed by atoms with Gasteiger partial charge in [-0.25, -0.2) is 13.6 Å². The predicted octanol–water partition coefficient (Wildman–Crippen LogP) is 3.16. The lowest BCUT2D eigenvalue weighted by Crippen LogP contribution is -2.26. The van der Waals surface area contributed by atoms with Gasteiger partial charge >= 0.3 is 5.97 Å². The summed E-state index contributed by atoms with van der Waals surface area (Å²) in [5.41, 5.74) is 4.92. The summed E-state index contributed by atoms with van der Waals surface area (Å²) in [7, 11) is 0. The van der Waals surface area contributed by atoms with Crippen molar-refractivity contribution in [2.45, 2.75) is 19.8 Å². The summed E-state index contributed by atoms with van der Waals surface area (Å²) in [4.78, 5) is 16.4. The maximum Gasteiger partial charge on any atom is 0.338 e. The number of aromatic nitrogens is 1. The zero-order valence-electron chi connectivity index (χ0n) is 14.5. The van der Waals surface area contributed by atoms with Crippen LogP contribution in [0.2, 0.25) is 0 Å². The van der Waals surface area contributed by atoms with Crippen LogP contribution in [0.15, 0.2) is 47.2 Å². The van der Waals surface area contributed by atoms with E-state index in [2.05, 4.69) is 4.98 Å². The summed E-state index contributed by atoms with van der Waals surface area (Å²) in [6.07, 6.45) is 1.40. The van der Waals surface area contributed by atoms with E-state index in [9.17, 15) is 14.4 Å². The number of pyridine rings is 1. The van der Waals surface area contributed by atoms with Crippen LogP contribution in [0, 0.1) is 23.0 Å². The lowest BCUT2D eigenvalue weighted by atomic mass is 9.82. The molecule has 2 heterocycles. The molecule has 3 rings (SSSR count). The molecular weight excluding hydrogens is 356 g/mol. The second-order valence-corrected chi connectivity index (χ2v) is 5.77. The molecule has 1 aromatic carbocycles. The molecule has 0 spiro atoms. The van der Waals surface area contributed by atoms with E-state index in [4.69, 9.17) is 15.2 Å². The van der Waals surface area contributed by atoms with Gasteiger partial charge in [-0.3, -0.25) is 4.98 Å². The number of ether oxygens (including phenoxy) is 2. The molecule has 0 saturated carbocycles. The highest BCUT2D eigenvalue weighted by molar-refractivity contribution is 5.93. The van der Waals surface area contributed by atoms with E-state index in [1.807, 2.05) is 0 Å². The first-order valence-electron chi connectivity index (χ1n) is 8.08. The number of rotatable bonds is 3. The maximum atomic E-state index is 15.2. The third-order valence-corrected chi connectivity index (χ3v) is 4.22. The SMILES string of the molecule is CCOC(=O)C1=C(C)OC(N)=C(C#N)C1c1c(F)cc2ncccc2c1F. The molecule has 0 fully saturated rings. The van der Waals surface area contributed by atoms with E-state index in [1.54, 1.807) is 13.0 Å². The molecule has 1 atom stereocenters. The second kappa shape index (κ2) is 7.03. The number of halogens is 2. The average Bonchev–Trinajstić information content (AvgIpc) is 2.62. The van der Waals surface area contributed by atoms with Crippen molar-refractivity contribution >= 4 is 16.9 Å². The second-order valence-electron chi connectivity index (χ2n) is 5.77. The van der Waals surface area contributed by atoms with Gasteiger partial charge in [0, 0.05) is 23.2 Å². The number of nitrogens with two attached hydrogens (primary N) is 1. The van der Waals surface area contributed by atoms with Gasteiger partial charge in [0.1, 0.15) is 29.0 Å². The van der Waals surface area contributed by atoms with Crippen molar-refractivity contribution < 1.29 is 23.0 Å². The number of fused-ring (bicyclic) bond motifs is 1. The Morgan fingerprint density at radius 3 is 2.89 bits per heavy atom. The minimum absolute atomic E-state index is 0.0139. The largest absolute Gasteiger partial charge is 0.463 e. The predicted molar refractivity (Wildman–Crippen MR) is 91.6 cm³/mol. The number of nitriles is 1. The first-order chi connectivity index (χ1) is 12.9. The smallest absolute Gasteiger partial charge is 0.338 e. The minimum Gasteiger partial charge on any atom is -0.463 e. The number of carbonyl (C=O) groups is 1.